The zero-order valence-corrected chi connectivity index (χ0v) is 16.3. The van der Waals surface area contributed by atoms with Crippen molar-refractivity contribution in [1.29, 1.82) is 0 Å². The van der Waals surface area contributed by atoms with Crippen LogP contribution in [-0.2, 0) is 11.6 Å². The molecule has 3 rings (SSSR count). The number of alkyl halides is 1. The van der Waals surface area contributed by atoms with E-state index in [1.807, 2.05) is 36.4 Å². The molecule has 0 aliphatic heterocycles. The van der Waals surface area contributed by atoms with Crippen LogP contribution in [-0.4, -0.2) is 9.97 Å². The molecule has 0 radical (unpaired) electrons. The molecule has 25 heavy (non-hydrogen) atoms. The standard InChI is InChI=1S/C12H9ClFNS.C6H6ClN.ClH/c13-11-7-10(4-5-12(11)14)16-8-9-3-1-2-6-15-9;7-5-6-3-1-2-4-8-6;/h1-7H,8H2;1-4H,5H2;1H. The Bertz CT molecular complexity index is 746. The molecule has 1 aromatic carbocycles. The smallest absolute Gasteiger partial charge is 0.141 e. The van der Waals surface area contributed by atoms with Crippen molar-refractivity contribution in [2.75, 3.05) is 0 Å². The van der Waals surface area contributed by atoms with Crippen LogP contribution in [0.3, 0.4) is 0 Å². The molecule has 0 spiro atoms. The second-order valence-electron chi connectivity index (χ2n) is 4.64. The Morgan fingerprint density at radius 2 is 1.56 bits per heavy atom. The highest BCUT2D eigenvalue weighted by molar-refractivity contribution is 7.98. The van der Waals surface area contributed by atoms with Crippen LogP contribution >= 0.6 is 47.4 Å². The van der Waals surface area contributed by atoms with Crippen LogP contribution in [0.15, 0.2) is 71.9 Å². The molecular formula is C18H16Cl3FN2S. The Balaban J connectivity index is 0.000000295. The number of hydrogen-bond donors (Lipinski definition) is 0. The maximum absolute atomic E-state index is 12.9. The van der Waals surface area contributed by atoms with E-state index in [0.717, 1.165) is 22.0 Å². The number of rotatable bonds is 4. The van der Waals surface area contributed by atoms with Gasteiger partial charge in [-0.1, -0.05) is 23.7 Å². The second-order valence-corrected chi connectivity index (χ2v) is 6.36. The Hall–Kier alpha value is -1.33. The largest absolute Gasteiger partial charge is 0.260 e. The van der Waals surface area contributed by atoms with Crippen LogP contribution in [0.25, 0.3) is 0 Å². The summed E-state index contributed by atoms with van der Waals surface area (Å²) in [6.45, 7) is 0. The first-order valence-corrected chi connectivity index (χ1v) is 9.02. The molecule has 0 unspecified atom stereocenters. The quantitative estimate of drug-likeness (QED) is 0.362. The summed E-state index contributed by atoms with van der Waals surface area (Å²) in [4.78, 5) is 9.11. The van der Waals surface area contributed by atoms with Gasteiger partial charge in [-0.2, -0.15) is 0 Å². The first-order chi connectivity index (χ1) is 11.7. The summed E-state index contributed by atoms with van der Waals surface area (Å²) < 4.78 is 12.9. The molecule has 2 heterocycles. The molecule has 0 saturated carbocycles. The first kappa shape index (κ1) is 21.7. The monoisotopic (exact) mass is 416 g/mol. The number of hydrogen-bond acceptors (Lipinski definition) is 3. The summed E-state index contributed by atoms with van der Waals surface area (Å²) in [5.41, 5.74) is 1.92. The Kier molecular flexibility index (Phi) is 10.5. The molecular weight excluding hydrogens is 402 g/mol. The SMILES string of the molecule is Cl.ClCc1ccccn1.Fc1ccc(SCc2ccccn2)cc1Cl. The number of nitrogens with zero attached hydrogens (tertiary/aromatic N) is 2. The van der Waals surface area contributed by atoms with E-state index in [-0.39, 0.29) is 23.2 Å². The average Bonchev–Trinajstić information content (AvgIpc) is 2.65. The van der Waals surface area contributed by atoms with E-state index in [1.54, 1.807) is 36.3 Å². The second kappa shape index (κ2) is 12.1. The molecule has 0 bridgehead atoms. The van der Waals surface area contributed by atoms with Crippen molar-refractivity contribution in [2.45, 2.75) is 16.5 Å². The zero-order valence-electron chi connectivity index (χ0n) is 13.1. The predicted octanol–water partition coefficient (Wildman–Crippen LogP) is 6.41. The lowest BCUT2D eigenvalue weighted by atomic mass is 10.3. The predicted molar refractivity (Wildman–Crippen MR) is 106 cm³/mol. The highest BCUT2D eigenvalue weighted by Gasteiger charge is 2.02. The van der Waals surface area contributed by atoms with Crippen LogP contribution in [0.4, 0.5) is 4.39 Å². The third-order valence-electron chi connectivity index (χ3n) is 2.87. The van der Waals surface area contributed by atoms with Gasteiger partial charge in [0.05, 0.1) is 22.3 Å². The van der Waals surface area contributed by atoms with Gasteiger partial charge in [0.1, 0.15) is 5.82 Å². The van der Waals surface area contributed by atoms with E-state index < -0.39 is 0 Å². The third-order valence-corrected chi connectivity index (χ3v) is 4.46. The normalized spacial score (nSPS) is 9.56. The molecule has 0 atom stereocenters. The Labute approximate surface area is 167 Å². The fraction of sp³-hybridized carbons (Fsp3) is 0.111. The highest BCUT2D eigenvalue weighted by Crippen LogP contribution is 2.26. The summed E-state index contributed by atoms with van der Waals surface area (Å²) in [6.07, 6.45) is 3.49. The van der Waals surface area contributed by atoms with Crippen molar-refractivity contribution in [3.63, 3.8) is 0 Å². The maximum atomic E-state index is 12.9. The van der Waals surface area contributed by atoms with E-state index in [9.17, 15) is 4.39 Å². The summed E-state index contributed by atoms with van der Waals surface area (Å²) >= 11 is 12.7. The minimum absolute atomic E-state index is 0. The number of aromatic nitrogens is 2. The van der Waals surface area contributed by atoms with E-state index in [2.05, 4.69) is 9.97 Å². The average molecular weight is 418 g/mol. The Morgan fingerprint density at radius 1 is 0.920 bits per heavy atom. The van der Waals surface area contributed by atoms with E-state index in [1.165, 1.54) is 6.07 Å². The van der Waals surface area contributed by atoms with Crippen molar-refractivity contribution in [3.05, 3.63) is 89.2 Å². The number of thioether (sulfide) groups is 1. The zero-order chi connectivity index (χ0) is 17.2. The molecule has 2 nitrogen and oxygen atoms in total. The molecule has 132 valence electrons. The van der Waals surface area contributed by atoms with Gasteiger partial charge in [0.2, 0.25) is 0 Å². The molecule has 2 aromatic heterocycles. The van der Waals surface area contributed by atoms with Gasteiger partial charge in [-0.05, 0) is 42.5 Å². The van der Waals surface area contributed by atoms with Crippen molar-refractivity contribution < 1.29 is 4.39 Å². The fourth-order valence-corrected chi connectivity index (χ4v) is 2.94. The summed E-state index contributed by atoms with van der Waals surface area (Å²) in [5, 5.41) is 0.158. The fourth-order valence-electron chi connectivity index (χ4n) is 1.68. The van der Waals surface area contributed by atoms with Crippen LogP contribution in [0.5, 0.6) is 0 Å². The number of benzene rings is 1. The van der Waals surface area contributed by atoms with Gasteiger partial charge in [-0.25, -0.2) is 4.39 Å². The first-order valence-electron chi connectivity index (χ1n) is 7.12. The van der Waals surface area contributed by atoms with Gasteiger partial charge in [-0.15, -0.1) is 35.8 Å². The van der Waals surface area contributed by atoms with Crippen molar-refractivity contribution in [2.24, 2.45) is 0 Å². The lowest BCUT2D eigenvalue weighted by molar-refractivity contribution is 0.627. The molecule has 0 aliphatic rings. The van der Waals surface area contributed by atoms with E-state index in [4.69, 9.17) is 23.2 Å². The van der Waals surface area contributed by atoms with Crippen LogP contribution < -0.4 is 0 Å². The van der Waals surface area contributed by atoms with Crippen molar-refractivity contribution in [1.82, 2.24) is 9.97 Å². The summed E-state index contributed by atoms with van der Waals surface area (Å²) in [7, 11) is 0. The number of halogens is 4. The van der Waals surface area contributed by atoms with Gasteiger partial charge in [0.25, 0.3) is 0 Å². The lowest BCUT2D eigenvalue weighted by Crippen LogP contribution is -1.85. The lowest BCUT2D eigenvalue weighted by Gasteiger charge is -2.02. The van der Waals surface area contributed by atoms with Crippen LogP contribution in [0.2, 0.25) is 5.02 Å². The maximum Gasteiger partial charge on any atom is 0.141 e. The molecule has 0 N–H and O–H groups in total. The van der Waals surface area contributed by atoms with Crippen LogP contribution in [0, 0.1) is 5.82 Å². The topological polar surface area (TPSA) is 25.8 Å². The Morgan fingerprint density at radius 3 is 2.04 bits per heavy atom. The molecule has 0 aliphatic carbocycles. The van der Waals surface area contributed by atoms with Gasteiger partial charge >= 0.3 is 0 Å². The van der Waals surface area contributed by atoms with Gasteiger partial charge < -0.3 is 0 Å². The van der Waals surface area contributed by atoms with Gasteiger partial charge in [0, 0.05) is 23.0 Å². The highest BCUT2D eigenvalue weighted by atomic mass is 35.5. The molecule has 7 heteroatoms. The van der Waals surface area contributed by atoms with E-state index in [0.29, 0.717) is 5.88 Å². The molecule has 0 saturated heterocycles. The summed E-state index contributed by atoms with van der Waals surface area (Å²) in [5.74, 6) is 0.868. The number of pyridine rings is 2. The molecule has 3 aromatic rings. The van der Waals surface area contributed by atoms with Gasteiger partial charge in [0.15, 0.2) is 0 Å². The van der Waals surface area contributed by atoms with Crippen molar-refractivity contribution in [3.8, 4) is 0 Å². The van der Waals surface area contributed by atoms with E-state index >= 15 is 0 Å². The van der Waals surface area contributed by atoms with Crippen molar-refractivity contribution >= 4 is 47.4 Å². The molecule has 0 amide bonds. The third kappa shape index (κ3) is 8.06. The van der Waals surface area contributed by atoms with Crippen LogP contribution in [0.1, 0.15) is 11.4 Å². The molecule has 0 fully saturated rings. The summed E-state index contributed by atoms with van der Waals surface area (Å²) in [6, 6.07) is 16.2. The minimum atomic E-state index is -0.385. The minimum Gasteiger partial charge on any atom is -0.260 e. The van der Waals surface area contributed by atoms with Gasteiger partial charge in [-0.3, -0.25) is 9.97 Å².